The first-order valence-electron chi connectivity index (χ1n) is 8.38. The monoisotopic (exact) mass is 292 g/mol. The number of hydrogen-bond donors (Lipinski definition) is 0. The minimum absolute atomic E-state index is 0.478. The lowest BCUT2D eigenvalue weighted by Crippen LogP contribution is -2.48. The molecule has 0 N–H and O–H groups in total. The van der Waals surface area contributed by atoms with Crippen LogP contribution in [-0.2, 0) is 11.3 Å². The summed E-state index contributed by atoms with van der Waals surface area (Å²) in [6.45, 7) is 11.8. The molecule has 0 saturated carbocycles. The molecule has 0 unspecified atom stereocenters. The molecule has 3 heterocycles. The normalized spacial score (nSPS) is 24.4. The van der Waals surface area contributed by atoms with Gasteiger partial charge in [0.2, 0.25) is 0 Å². The Hall–Kier alpha value is -0.910. The van der Waals surface area contributed by atoms with Crippen molar-refractivity contribution in [2.75, 3.05) is 39.4 Å². The summed E-state index contributed by atoms with van der Waals surface area (Å²) < 4.78 is 7.78. The second-order valence-corrected chi connectivity index (χ2v) is 6.18. The second-order valence-electron chi connectivity index (χ2n) is 6.18. The lowest BCUT2D eigenvalue weighted by atomic mass is 10.0. The van der Waals surface area contributed by atoms with Crippen molar-refractivity contribution in [1.29, 1.82) is 0 Å². The first kappa shape index (κ1) is 15.0. The largest absolute Gasteiger partial charge is 0.381 e. The van der Waals surface area contributed by atoms with Crippen molar-refractivity contribution < 1.29 is 4.74 Å². The molecule has 1 aromatic rings. The molecule has 21 heavy (non-hydrogen) atoms. The molecular formula is C16H28N4O. The Bertz CT molecular complexity index is 437. The van der Waals surface area contributed by atoms with Crippen LogP contribution in [0.4, 0.5) is 0 Å². The average molecular weight is 292 g/mol. The molecule has 118 valence electrons. The van der Waals surface area contributed by atoms with Crippen molar-refractivity contribution in [3.63, 3.8) is 0 Å². The Kier molecular flexibility index (Phi) is 4.93. The first-order chi connectivity index (χ1) is 10.3. The zero-order valence-electron chi connectivity index (χ0n) is 13.4. The zero-order chi connectivity index (χ0) is 14.7. The van der Waals surface area contributed by atoms with Gasteiger partial charge in [-0.1, -0.05) is 13.8 Å². The van der Waals surface area contributed by atoms with E-state index in [9.17, 15) is 0 Å². The highest BCUT2D eigenvalue weighted by Crippen LogP contribution is 2.26. The highest BCUT2D eigenvalue weighted by molar-refractivity contribution is 5.06. The highest BCUT2D eigenvalue weighted by atomic mass is 16.5. The van der Waals surface area contributed by atoms with E-state index in [-0.39, 0.29) is 0 Å². The number of likely N-dealkylation sites (N-methyl/N-ethyl adjacent to an activating group) is 1. The van der Waals surface area contributed by atoms with Gasteiger partial charge < -0.3 is 9.64 Å². The molecule has 1 atom stereocenters. The molecule has 1 fully saturated rings. The molecule has 0 radical (unpaired) electrons. The van der Waals surface area contributed by atoms with Gasteiger partial charge in [0, 0.05) is 45.1 Å². The van der Waals surface area contributed by atoms with E-state index >= 15 is 0 Å². The Labute approximate surface area is 127 Å². The van der Waals surface area contributed by atoms with Crippen LogP contribution in [0.1, 0.15) is 38.4 Å². The lowest BCUT2D eigenvalue weighted by molar-refractivity contribution is 0.0132. The van der Waals surface area contributed by atoms with Gasteiger partial charge >= 0.3 is 0 Å². The van der Waals surface area contributed by atoms with Crippen molar-refractivity contribution in [1.82, 2.24) is 19.6 Å². The fourth-order valence-corrected chi connectivity index (χ4v) is 3.66. The third kappa shape index (κ3) is 3.30. The van der Waals surface area contributed by atoms with Gasteiger partial charge in [-0.25, -0.2) is 0 Å². The van der Waals surface area contributed by atoms with Crippen molar-refractivity contribution in [3.8, 4) is 0 Å². The molecule has 1 saturated heterocycles. The summed E-state index contributed by atoms with van der Waals surface area (Å²) >= 11 is 0. The summed E-state index contributed by atoms with van der Waals surface area (Å²) in [6.07, 6.45) is 4.30. The van der Waals surface area contributed by atoms with Crippen LogP contribution < -0.4 is 0 Å². The minimum atomic E-state index is 0.478. The predicted octanol–water partition coefficient (Wildman–Crippen LogP) is 1.76. The molecule has 3 rings (SSSR count). The number of hydrogen-bond acceptors (Lipinski definition) is 4. The maximum Gasteiger partial charge on any atom is 0.0776 e. The molecule has 2 aliphatic heterocycles. The molecular weight excluding hydrogens is 264 g/mol. The fourth-order valence-electron chi connectivity index (χ4n) is 3.66. The second kappa shape index (κ2) is 6.90. The van der Waals surface area contributed by atoms with Crippen LogP contribution >= 0.6 is 0 Å². The Balaban J connectivity index is 1.73. The number of ether oxygens (including phenoxy) is 1. The summed E-state index contributed by atoms with van der Waals surface area (Å²) in [6, 6.07) is 3.34. The van der Waals surface area contributed by atoms with E-state index < -0.39 is 0 Å². The third-order valence-corrected chi connectivity index (χ3v) is 4.98. The SMILES string of the molecule is CCN(CC)C[C@@H]1CN(C2CCOCC2)Cc2ccnn21. The van der Waals surface area contributed by atoms with Gasteiger partial charge in [-0.2, -0.15) is 5.10 Å². The molecule has 0 aromatic carbocycles. The molecule has 0 amide bonds. The van der Waals surface area contributed by atoms with Gasteiger partial charge in [0.1, 0.15) is 0 Å². The van der Waals surface area contributed by atoms with E-state index in [2.05, 4.69) is 39.5 Å². The molecule has 0 spiro atoms. The third-order valence-electron chi connectivity index (χ3n) is 4.98. The van der Waals surface area contributed by atoms with E-state index in [4.69, 9.17) is 4.74 Å². The first-order valence-corrected chi connectivity index (χ1v) is 8.38. The van der Waals surface area contributed by atoms with Crippen molar-refractivity contribution >= 4 is 0 Å². The van der Waals surface area contributed by atoms with E-state index in [0.29, 0.717) is 12.1 Å². The van der Waals surface area contributed by atoms with Gasteiger partial charge in [0.05, 0.1) is 11.7 Å². The van der Waals surface area contributed by atoms with Crippen molar-refractivity contribution in [2.45, 2.75) is 45.3 Å². The maximum atomic E-state index is 5.52. The molecule has 2 aliphatic rings. The van der Waals surface area contributed by atoms with E-state index in [1.165, 1.54) is 18.5 Å². The van der Waals surface area contributed by atoms with Crippen LogP contribution in [0.5, 0.6) is 0 Å². The minimum Gasteiger partial charge on any atom is -0.381 e. The van der Waals surface area contributed by atoms with Crippen LogP contribution in [-0.4, -0.2) is 65.0 Å². The van der Waals surface area contributed by atoms with Gasteiger partial charge in [0.15, 0.2) is 0 Å². The summed E-state index contributed by atoms with van der Waals surface area (Å²) in [5.41, 5.74) is 1.37. The van der Waals surface area contributed by atoms with Crippen LogP contribution in [0.15, 0.2) is 12.3 Å². The Morgan fingerprint density at radius 3 is 2.76 bits per heavy atom. The highest BCUT2D eigenvalue weighted by Gasteiger charge is 2.31. The number of aromatic nitrogens is 2. The smallest absolute Gasteiger partial charge is 0.0776 e. The standard InChI is InChI=1S/C16H28N4O/c1-3-18(4-2)11-16-13-19(14-6-9-21-10-7-14)12-15-5-8-17-20(15)16/h5,8,14,16H,3-4,6-7,9-13H2,1-2H3/t16-/m1/s1. The van der Waals surface area contributed by atoms with Crippen molar-refractivity contribution in [3.05, 3.63) is 18.0 Å². The molecule has 5 heteroatoms. The van der Waals surface area contributed by atoms with Crippen LogP contribution in [0.2, 0.25) is 0 Å². The van der Waals surface area contributed by atoms with E-state index in [1.54, 1.807) is 0 Å². The van der Waals surface area contributed by atoms with E-state index in [0.717, 1.165) is 45.9 Å². The van der Waals surface area contributed by atoms with Crippen LogP contribution in [0.25, 0.3) is 0 Å². The predicted molar refractivity (Wildman–Crippen MR) is 83.3 cm³/mol. The molecule has 0 bridgehead atoms. The fraction of sp³-hybridized carbons (Fsp3) is 0.812. The summed E-state index contributed by atoms with van der Waals surface area (Å²) in [5.74, 6) is 0. The number of nitrogens with zero attached hydrogens (tertiary/aromatic N) is 4. The van der Waals surface area contributed by atoms with E-state index in [1.807, 2.05) is 6.20 Å². The molecule has 5 nitrogen and oxygen atoms in total. The van der Waals surface area contributed by atoms with Gasteiger partial charge in [0.25, 0.3) is 0 Å². The Morgan fingerprint density at radius 2 is 2.05 bits per heavy atom. The van der Waals surface area contributed by atoms with Gasteiger partial charge in [-0.05, 0) is 32.0 Å². The molecule has 0 aliphatic carbocycles. The maximum absolute atomic E-state index is 5.52. The summed E-state index contributed by atoms with van der Waals surface area (Å²) in [7, 11) is 0. The summed E-state index contributed by atoms with van der Waals surface area (Å²) in [5, 5.41) is 4.58. The zero-order valence-corrected chi connectivity index (χ0v) is 13.4. The molecule has 1 aromatic heterocycles. The van der Waals surface area contributed by atoms with Crippen LogP contribution in [0, 0.1) is 0 Å². The van der Waals surface area contributed by atoms with Gasteiger partial charge in [-0.15, -0.1) is 0 Å². The summed E-state index contributed by atoms with van der Waals surface area (Å²) in [4.78, 5) is 5.16. The Morgan fingerprint density at radius 1 is 1.29 bits per heavy atom. The lowest BCUT2D eigenvalue weighted by Gasteiger charge is -2.41. The van der Waals surface area contributed by atoms with Crippen molar-refractivity contribution in [2.24, 2.45) is 0 Å². The number of rotatable bonds is 5. The van der Waals surface area contributed by atoms with Crippen LogP contribution in [0.3, 0.4) is 0 Å². The number of fused-ring (bicyclic) bond motifs is 1. The average Bonchev–Trinajstić information content (AvgIpc) is 3.02. The van der Waals surface area contributed by atoms with Gasteiger partial charge in [-0.3, -0.25) is 9.58 Å². The topological polar surface area (TPSA) is 33.5 Å². The quantitative estimate of drug-likeness (QED) is 0.828.